The van der Waals surface area contributed by atoms with Crippen LogP contribution < -0.4 is 0 Å². The molecule has 0 amide bonds. The van der Waals surface area contributed by atoms with Crippen molar-refractivity contribution in [2.75, 3.05) is 0 Å². The summed E-state index contributed by atoms with van der Waals surface area (Å²) in [5, 5.41) is 8.11. The van der Waals surface area contributed by atoms with E-state index in [9.17, 15) is 0 Å². The lowest BCUT2D eigenvalue weighted by molar-refractivity contribution is 0.602. The van der Waals surface area contributed by atoms with E-state index >= 15 is 0 Å². The maximum Gasteiger partial charge on any atom is 0.0497 e. The Balaban J connectivity index is 1.79. The number of hydrogen-bond donors (Lipinski definition) is 0. The molecule has 0 saturated carbocycles. The van der Waals surface area contributed by atoms with Crippen molar-refractivity contribution >= 4 is 43.4 Å². The number of hydrogen-bond acceptors (Lipinski definition) is 0. The van der Waals surface area contributed by atoms with Crippen LogP contribution in [0.4, 0.5) is 0 Å². The van der Waals surface area contributed by atoms with Crippen LogP contribution in [0, 0.1) is 0 Å². The van der Waals surface area contributed by atoms with Crippen molar-refractivity contribution in [1.82, 2.24) is 4.57 Å². The molecule has 0 atom stereocenters. The molecule has 1 heterocycles. The van der Waals surface area contributed by atoms with Crippen molar-refractivity contribution in [3.63, 3.8) is 0 Å². The average Bonchev–Trinajstić information content (AvgIpc) is 3.04. The Hall–Kier alpha value is -2.80. The molecule has 0 aliphatic carbocycles. The fourth-order valence-electron chi connectivity index (χ4n) is 4.50. The Bertz CT molecular complexity index is 1260. The van der Waals surface area contributed by atoms with Crippen LogP contribution in [0.15, 0.2) is 72.8 Å². The molecule has 1 nitrogen and oxygen atoms in total. The lowest BCUT2D eigenvalue weighted by Crippen LogP contribution is -1.97. The van der Waals surface area contributed by atoms with Gasteiger partial charge in [-0.3, -0.25) is 0 Å². The molecule has 0 bridgehead atoms. The van der Waals surface area contributed by atoms with E-state index in [1.807, 2.05) is 0 Å². The summed E-state index contributed by atoms with van der Waals surface area (Å²) in [5.74, 6) is 0. The van der Waals surface area contributed by atoms with Gasteiger partial charge in [-0.25, -0.2) is 0 Å². The summed E-state index contributed by atoms with van der Waals surface area (Å²) in [7, 11) is 0. The molecule has 0 aliphatic heterocycles. The topological polar surface area (TPSA) is 4.93 Å². The number of nitrogens with zero attached hydrogens (tertiary/aromatic N) is 1. The highest BCUT2D eigenvalue weighted by Crippen LogP contribution is 2.36. The molecule has 0 aliphatic rings. The van der Waals surface area contributed by atoms with Crippen LogP contribution in [0.3, 0.4) is 0 Å². The Labute approximate surface area is 160 Å². The van der Waals surface area contributed by atoms with Crippen LogP contribution in [-0.2, 0) is 6.54 Å². The SMILES string of the molecule is CCCCCCn1c2ccccc2c2c3cc4ccccc4cc3ccc21. The second-order valence-electron chi connectivity index (χ2n) is 7.61. The lowest BCUT2D eigenvalue weighted by Gasteiger charge is -2.08. The van der Waals surface area contributed by atoms with Crippen LogP contribution in [0.5, 0.6) is 0 Å². The molecule has 0 spiro atoms. The van der Waals surface area contributed by atoms with Gasteiger partial charge in [-0.1, -0.05) is 74.7 Å². The minimum atomic E-state index is 1.10. The van der Waals surface area contributed by atoms with Crippen molar-refractivity contribution < 1.29 is 0 Å². The largest absolute Gasteiger partial charge is 0.340 e. The molecule has 0 unspecified atom stereocenters. The Morgan fingerprint density at radius 3 is 2.26 bits per heavy atom. The quantitative estimate of drug-likeness (QED) is 0.226. The van der Waals surface area contributed by atoms with Crippen LogP contribution >= 0.6 is 0 Å². The van der Waals surface area contributed by atoms with Gasteiger partial charge in [-0.15, -0.1) is 0 Å². The molecule has 27 heavy (non-hydrogen) atoms. The fraction of sp³-hybridized carbons (Fsp3) is 0.231. The number of benzene rings is 4. The standard InChI is InChI=1S/C26H25N/c1-2-3-4-9-16-27-24-13-8-7-12-22(24)26-23-18-20-11-6-5-10-19(20)17-21(23)14-15-25(26)27/h5-8,10-15,17-18H,2-4,9,16H2,1H3. The highest BCUT2D eigenvalue weighted by atomic mass is 15.0. The Morgan fingerprint density at radius 2 is 1.41 bits per heavy atom. The molecular weight excluding hydrogens is 326 g/mol. The third kappa shape index (κ3) is 2.70. The molecule has 0 fully saturated rings. The average molecular weight is 351 g/mol. The maximum atomic E-state index is 2.54. The molecular formula is C26H25N. The van der Waals surface area contributed by atoms with E-state index in [1.165, 1.54) is 69.0 Å². The molecule has 134 valence electrons. The first-order chi connectivity index (χ1) is 13.4. The molecule has 5 rings (SSSR count). The summed E-state index contributed by atoms with van der Waals surface area (Å²) >= 11 is 0. The van der Waals surface area contributed by atoms with Gasteiger partial charge in [0.05, 0.1) is 0 Å². The van der Waals surface area contributed by atoms with Gasteiger partial charge >= 0.3 is 0 Å². The third-order valence-corrected chi connectivity index (χ3v) is 5.85. The third-order valence-electron chi connectivity index (χ3n) is 5.85. The predicted octanol–water partition coefficient (Wildman–Crippen LogP) is 7.68. The van der Waals surface area contributed by atoms with Crippen LogP contribution in [0.2, 0.25) is 0 Å². The zero-order chi connectivity index (χ0) is 18.2. The van der Waals surface area contributed by atoms with Crippen molar-refractivity contribution in [3.05, 3.63) is 72.8 Å². The number of unbranched alkanes of at least 4 members (excludes halogenated alkanes) is 3. The van der Waals surface area contributed by atoms with Gasteiger partial charge < -0.3 is 4.57 Å². The summed E-state index contributed by atoms with van der Waals surface area (Å²) in [5.41, 5.74) is 2.74. The first kappa shape index (κ1) is 16.4. The minimum Gasteiger partial charge on any atom is -0.340 e. The summed E-state index contributed by atoms with van der Waals surface area (Å²) < 4.78 is 2.54. The van der Waals surface area contributed by atoms with E-state index in [-0.39, 0.29) is 0 Å². The smallest absolute Gasteiger partial charge is 0.0497 e. The summed E-state index contributed by atoms with van der Waals surface area (Å²) in [6.45, 7) is 3.38. The van der Waals surface area contributed by atoms with Crippen molar-refractivity contribution in [3.8, 4) is 0 Å². The summed E-state index contributed by atoms with van der Waals surface area (Å²) in [6.07, 6.45) is 5.16. The molecule has 0 saturated heterocycles. The van der Waals surface area contributed by atoms with Gasteiger partial charge in [-0.2, -0.15) is 0 Å². The van der Waals surface area contributed by atoms with Gasteiger partial charge in [0, 0.05) is 28.4 Å². The van der Waals surface area contributed by atoms with Gasteiger partial charge in [0.15, 0.2) is 0 Å². The number of rotatable bonds is 5. The van der Waals surface area contributed by atoms with Crippen LogP contribution in [-0.4, -0.2) is 4.57 Å². The van der Waals surface area contributed by atoms with Crippen molar-refractivity contribution in [2.24, 2.45) is 0 Å². The minimum absolute atomic E-state index is 1.10. The van der Waals surface area contributed by atoms with E-state index in [1.54, 1.807) is 0 Å². The van der Waals surface area contributed by atoms with Gasteiger partial charge in [0.2, 0.25) is 0 Å². The molecule has 0 N–H and O–H groups in total. The Kier molecular flexibility index (Phi) is 4.09. The molecule has 4 aromatic carbocycles. The summed E-state index contributed by atoms with van der Waals surface area (Å²) in [6, 6.07) is 26.9. The van der Waals surface area contributed by atoms with Gasteiger partial charge in [0.25, 0.3) is 0 Å². The zero-order valence-electron chi connectivity index (χ0n) is 15.9. The Morgan fingerprint density at radius 1 is 0.630 bits per heavy atom. The van der Waals surface area contributed by atoms with E-state index in [0.717, 1.165) is 6.54 Å². The number of fused-ring (bicyclic) bond motifs is 6. The molecule has 5 aromatic rings. The first-order valence-corrected chi connectivity index (χ1v) is 10.2. The first-order valence-electron chi connectivity index (χ1n) is 10.2. The molecule has 0 radical (unpaired) electrons. The highest BCUT2D eigenvalue weighted by molar-refractivity contribution is 6.22. The van der Waals surface area contributed by atoms with E-state index < -0.39 is 0 Å². The maximum absolute atomic E-state index is 2.54. The van der Waals surface area contributed by atoms with E-state index in [4.69, 9.17) is 0 Å². The number of para-hydroxylation sites is 1. The second-order valence-corrected chi connectivity index (χ2v) is 7.61. The van der Waals surface area contributed by atoms with E-state index in [0.29, 0.717) is 0 Å². The fourth-order valence-corrected chi connectivity index (χ4v) is 4.50. The second kappa shape index (κ2) is 6.74. The van der Waals surface area contributed by atoms with Gasteiger partial charge in [0.1, 0.15) is 0 Å². The predicted molar refractivity (Wildman–Crippen MR) is 119 cm³/mol. The van der Waals surface area contributed by atoms with Crippen molar-refractivity contribution in [2.45, 2.75) is 39.2 Å². The van der Waals surface area contributed by atoms with Crippen LogP contribution in [0.25, 0.3) is 43.4 Å². The molecule has 1 heteroatoms. The highest BCUT2D eigenvalue weighted by Gasteiger charge is 2.13. The normalized spacial score (nSPS) is 11.9. The number of aromatic nitrogens is 1. The van der Waals surface area contributed by atoms with E-state index in [2.05, 4.69) is 84.3 Å². The summed E-state index contributed by atoms with van der Waals surface area (Å²) in [4.78, 5) is 0. The monoisotopic (exact) mass is 351 g/mol. The van der Waals surface area contributed by atoms with Crippen molar-refractivity contribution in [1.29, 1.82) is 0 Å². The zero-order valence-corrected chi connectivity index (χ0v) is 15.9. The number of aryl methyl sites for hydroxylation is 1. The molecule has 1 aromatic heterocycles. The van der Waals surface area contributed by atoms with Crippen LogP contribution in [0.1, 0.15) is 32.6 Å². The lowest BCUT2D eigenvalue weighted by atomic mass is 9.99. The van der Waals surface area contributed by atoms with Gasteiger partial charge in [-0.05, 0) is 52.2 Å².